The van der Waals surface area contributed by atoms with Crippen molar-refractivity contribution in [2.75, 3.05) is 19.0 Å². The molecule has 1 rings (SSSR count). The van der Waals surface area contributed by atoms with Crippen molar-refractivity contribution in [2.24, 2.45) is 5.92 Å². The predicted molar refractivity (Wildman–Crippen MR) is 78.6 cm³/mol. The fraction of sp³-hybridized carbons (Fsp3) is 0.462. The van der Waals surface area contributed by atoms with E-state index in [1.54, 1.807) is 25.3 Å². The van der Waals surface area contributed by atoms with Gasteiger partial charge in [0.2, 0.25) is 0 Å². The summed E-state index contributed by atoms with van der Waals surface area (Å²) < 4.78 is 5.80. The van der Waals surface area contributed by atoms with Crippen molar-refractivity contribution in [1.29, 1.82) is 0 Å². The number of halogens is 1. The van der Waals surface area contributed by atoms with Crippen LogP contribution in [0, 0.1) is 5.92 Å². The van der Waals surface area contributed by atoms with Gasteiger partial charge in [-0.05, 0) is 40.0 Å². The second-order valence-electron chi connectivity index (χ2n) is 4.49. The van der Waals surface area contributed by atoms with Crippen LogP contribution >= 0.6 is 15.9 Å². The average Bonchev–Trinajstić information content (AvgIpc) is 2.38. The Hall–Kier alpha value is -1.27. The molecule has 106 valence electrons. The molecule has 0 aliphatic heterocycles. The molecule has 0 bridgehead atoms. The molecule has 19 heavy (non-hydrogen) atoms. The molecule has 5 nitrogen and oxygen atoms in total. The van der Waals surface area contributed by atoms with E-state index < -0.39 is 6.10 Å². The lowest BCUT2D eigenvalue weighted by Gasteiger charge is -2.16. The van der Waals surface area contributed by atoms with Gasteiger partial charge in [-0.3, -0.25) is 0 Å². The number of aliphatic hydroxyl groups excluding tert-OH is 1. The number of carbonyl (C=O) groups is 1. The Balaban J connectivity index is 2.53. The first kappa shape index (κ1) is 15.8. The van der Waals surface area contributed by atoms with Gasteiger partial charge in [0.05, 0.1) is 18.9 Å². The fourth-order valence-electron chi connectivity index (χ4n) is 1.32. The third-order valence-electron chi connectivity index (χ3n) is 2.67. The summed E-state index contributed by atoms with van der Waals surface area (Å²) in [5.74, 6) is 0.807. The monoisotopic (exact) mass is 330 g/mol. The number of methoxy groups -OCH3 is 1. The van der Waals surface area contributed by atoms with Gasteiger partial charge in [-0.1, -0.05) is 13.8 Å². The zero-order chi connectivity index (χ0) is 14.4. The third-order valence-corrected chi connectivity index (χ3v) is 3.32. The Bertz CT molecular complexity index is 438. The Kier molecular flexibility index (Phi) is 6.11. The molecule has 0 heterocycles. The summed E-state index contributed by atoms with van der Waals surface area (Å²) >= 11 is 3.35. The fourth-order valence-corrected chi connectivity index (χ4v) is 1.78. The number of hydrogen-bond acceptors (Lipinski definition) is 3. The van der Waals surface area contributed by atoms with Crippen LogP contribution in [-0.2, 0) is 0 Å². The van der Waals surface area contributed by atoms with Gasteiger partial charge in [-0.25, -0.2) is 4.79 Å². The number of anilines is 1. The van der Waals surface area contributed by atoms with E-state index in [4.69, 9.17) is 4.74 Å². The van der Waals surface area contributed by atoms with Crippen molar-refractivity contribution in [3.05, 3.63) is 22.7 Å². The van der Waals surface area contributed by atoms with E-state index in [-0.39, 0.29) is 18.5 Å². The molecule has 6 heteroatoms. The average molecular weight is 331 g/mol. The third kappa shape index (κ3) is 5.08. The Labute approximate surface area is 121 Å². The van der Waals surface area contributed by atoms with Gasteiger partial charge in [0.1, 0.15) is 5.75 Å². The van der Waals surface area contributed by atoms with Crippen molar-refractivity contribution in [1.82, 2.24) is 5.32 Å². The van der Waals surface area contributed by atoms with E-state index in [1.807, 2.05) is 13.8 Å². The molecule has 0 aromatic heterocycles. The highest BCUT2D eigenvalue weighted by Gasteiger charge is 2.11. The maximum atomic E-state index is 11.7. The molecule has 0 unspecified atom stereocenters. The van der Waals surface area contributed by atoms with Crippen LogP contribution in [0.5, 0.6) is 5.75 Å². The molecular weight excluding hydrogens is 312 g/mol. The van der Waals surface area contributed by atoms with E-state index in [0.29, 0.717) is 11.4 Å². The Morgan fingerprint density at radius 1 is 1.47 bits per heavy atom. The zero-order valence-electron chi connectivity index (χ0n) is 11.2. The smallest absolute Gasteiger partial charge is 0.319 e. The first-order valence-corrected chi connectivity index (χ1v) is 6.79. The lowest BCUT2D eigenvalue weighted by atomic mass is 10.1. The largest absolute Gasteiger partial charge is 0.497 e. The van der Waals surface area contributed by atoms with Crippen LogP contribution in [0.3, 0.4) is 0 Å². The van der Waals surface area contributed by atoms with Gasteiger partial charge in [-0.2, -0.15) is 0 Å². The summed E-state index contributed by atoms with van der Waals surface area (Å²) in [5.41, 5.74) is 0.636. The number of aliphatic hydroxyl groups is 1. The van der Waals surface area contributed by atoms with Gasteiger partial charge in [0.25, 0.3) is 0 Å². The van der Waals surface area contributed by atoms with Crippen molar-refractivity contribution in [3.63, 3.8) is 0 Å². The van der Waals surface area contributed by atoms with Gasteiger partial charge in [0, 0.05) is 11.0 Å². The zero-order valence-corrected chi connectivity index (χ0v) is 12.8. The summed E-state index contributed by atoms with van der Waals surface area (Å²) in [7, 11) is 1.58. The highest BCUT2D eigenvalue weighted by Crippen LogP contribution is 2.26. The van der Waals surface area contributed by atoms with E-state index in [1.165, 1.54) is 0 Å². The molecule has 0 saturated carbocycles. The molecule has 0 aliphatic rings. The van der Waals surface area contributed by atoms with Crippen molar-refractivity contribution in [2.45, 2.75) is 20.0 Å². The maximum Gasteiger partial charge on any atom is 0.319 e. The second kappa shape index (κ2) is 7.35. The molecule has 1 aromatic rings. The van der Waals surface area contributed by atoms with Gasteiger partial charge < -0.3 is 20.5 Å². The second-order valence-corrected chi connectivity index (χ2v) is 5.35. The maximum absolute atomic E-state index is 11.7. The van der Waals surface area contributed by atoms with Crippen LogP contribution in [0.1, 0.15) is 13.8 Å². The van der Waals surface area contributed by atoms with Gasteiger partial charge >= 0.3 is 6.03 Å². The number of carbonyl (C=O) groups excluding carboxylic acids is 1. The molecule has 0 saturated heterocycles. The lowest BCUT2D eigenvalue weighted by Crippen LogP contribution is -2.37. The summed E-state index contributed by atoms with van der Waals surface area (Å²) in [5, 5.41) is 14.9. The van der Waals surface area contributed by atoms with Crippen LogP contribution in [-0.4, -0.2) is 30.9 Å². The minimum atomic E-state index is -0.551. The predicted octanol–water partition coefficient (Wildman–Crippen LogP) is 2.60. The molecule has 0 fully saturated rings. The van der Waals surface area contributed by atoms with Crippen LogP contribution in [0.15, 0.2) is 22.7 Å². The Morgan fingerprint density at radius 3 is 2.68 bits per heavy atom. The van der Waals surface area contributed by atoms with Gasteiger partial charge in [0.15, 0.2) is 0 Å². The SMILES string of the molecule is COc1ccc(NC(=O)NC[C@@H](O)C(C)C)c(Br)c1. The number of hydrogen-bond donors (Lipinski definition) is 3. The molecule has 0 spiro atoms. The van der Waals surface area contributed by atoms with E-state index in [9.17, 15) is 9.90 Å². The summed E-state index contributed by atoms with van der Waals surface area (Å²) in [6.07, 6.45) is -0.551. The van der Waals surface area contributed by atoms with Crippen molar-refractivity contribution in [3.8, 4) is 5.75 Å². The number of ether oxygens (including phenoxy) is 1. The first-order chi connectivity index (χ1) is 8.93. The van der Waals surface area contributed by atoms with Crippen LogP contribution in [0.2, 0.25) is 0 Å². The highest BCUT2D eigenvalue weighted by molar-refractivity contribution is 9.10. The van der Waals surface area contributed by atoms with Crippen molar-refractivity contribution >= 4 is 27.6 Å². The minimum absolute atomic E-state index is 0.105. The number of benzene rings is 1. The molecular formula is C13H19BrN2O3. The van der Waals surface area contributed by atoms with Crippen LogP contribution in [0.25, 0.3) is 0 Å². The van der Waals surface area contributed by atoms with E-state index in [2.05, 4.69) is 26.6 Å². The molecule has 1 aromatic carbocycles. The lowest BCUT2D eigenvalue weighted by molar-refractivity contribution is 0.126. The summed E-state index contributed by atoms with van der Waals surface area (Å²) in [6.45, 7) is 4.01. The quantitative estimate of drug-likeness (QED) is 0.777. The summed E-state index contributed by atoms with van der Waals surface area (Å²) in [6, 6.07) is 4.90. The normalized spacial score (nSPS) is 12.1. The molecule has 3 N–H and O–H groups in total. The topological polar surface area (TPSA) is 70.6 Å². The van der Waals surface area contributed by atoms with Crippen LogP contribution in [0.4, 0.5) is 10.5 Å². The Morgan fingerprint density at radius 2 is 2.16 bits per heavy atom. The summed E-state index contributed by atoms with van der Waals surface area (Å²) in [4.78, 5) is 11.7. The number of rotatable bonds is 5. The molecule has 0 radical (unpaired) electrons. The van der Waals surface area contributed by atoms with Crippen LogP contribution < -0.4 is 15.4 Å². The standard InChI is InChI=1S/C13H19BrN2O3/c1-8(2)12(17)7-15-13(18)16-11-5-4-9(19-3)6-10(11)14/h4-6,8,12,17H,7H2,1-3H3,(H2,15,16,18)/t12-/m1/s1. The molecule has 1 atom stereocenters. The molecule has 2 amide bonds. The van der Waals surface area contributed by atoms with E-state index >= 15 is 0 Å². The van der Waals surface area contributed by atoms with Gasteiger partial charge in [-0.15, -0.1) is 0 Å². The number of nitrogens with one attached hydrogen (secondary N) is 2. The highest BCUT2D eigenvalue weighted by atomic mass is 79.9. The number of urea groups is 1. The first-order valence-electron chi connectivity index (χ1n) is 6.00. The van der Waals surface area contributed by atoms with Crippen molar-refractivity contribution < 1.29 is 14.6 Å². The number of amides is 2. The van der Waals surface area contributed by atoms with E-state index in [0.717, 1.165) is 4.47 Å². The minimum Gasteiger partial charge on any atom is -0.497 e. The molecule has 0 aliphatic carbocycles.